The second kappa shape index (κ2) is 7.93. The van der Waals surface area contributed by atoms with Gasteiger partial charge in [0.15, 0.2) is 5.16 Å². The molecule has 1 unspecified atom stereocenters. The van der Waals surface area contributed by atoms with E-state index in [9.17, 15) is 4.79 Å². The Labute approximate surface area is 186 Å². The first-order chi connectivity index (χ1) is 15.0. The van der Waals surface area contributed by atoms with E-state index in [1.54, 1.807) is 15.9 Å². The summed E-state index contributed by atoms with van der Waals surface area (Å²) in [6.07, 6.45) is 3.04. The molecule has 1 aliphatic rings. The number of hydrogen-bond donors (Lipinski definition) is 2. The molecule has 0 bridgehead atoms. The number of thioether (sulfide) groups is 1. The molecule has 31 heavy (non-hydrogen) atoms. The molecule has 1 atom stereocenters. The van der Waals surface area contributed by atoms with Gasteiger partial charge in [-0.05, 0) is 42.9 Å². The van der Waals surface area contributed by atoms with Gasteiger partial charge in [0.25, 0.3) is 5.56 Å². The summed E-state index contributed by atoms with van der Waals surface area (Å²) >= 11 is 3.03. The lowest BCUT2D eigenvalue weighted by molar-refractivity contribution is 0.509. The average Bonchev–Trinajstić information content (AvgIpc) is 3.09. The average molecular weight is 452 g/mol. The highest BCUT2D eigenvalue weighted by Gasteiger charge is 2.25. The summed E-state index contributed by atoms with van der Waals surface area (Å²) in [5.74, 6) is 1.59. The number of nitrogens with two attached hydrogens (primary N) is 2. The van der Waals surface area contributed by atoms with Crippen LogP contribution in [0.5, 0.6) is 0 Å². The fourth-order valence-electron chi connectivity index (χ4n) is 3.92. The summed E-state index contributed by atoms with van der Waals surface area (Å²) in [6.45, 7) is 2.26. The van der Waals surface area contributed by atoms with Gasteiger partial charge in [-0.3, -0.25) is 9.36 Å². The summed E-state index contributed by atoms with van der Waals surface area (Å²) in [5.41, 5.74) is 13.3. The number of nitrogen functional groups attached to an aromatic ring is 2. The number of hydrogen-bond acceptors (Lipinski definition) is 9. The predicted octanol–water partition coefficient (Wildman–Crippen LogP) is 3.21. The number of para-hydroxylation sites is 1. The van der Waals surface area contributed by atoms with Crippen molar-refractivity contribution in [1.29, 1.82) is 0 Å². The maximum Gasteiger partial charge on any atom is 0.267 e. The highest BCUT2D eigenvalue weighted by molar-refractivity contribution is 7.98. The van der Waals surface area contributed by atoms with Gasteiger partial charge < -0.3 is 11.5 Å². The Kier molecular flexibility index (Phi) is 5.11. The molecule has 0 spiro atoms. The molecule has 0 aliphatic heterocycles. The largest absolute Gasteiger partial charge is 0.368 e. The Morgan fingerprint density at radius 2 is 1.87 bits per heavy atom. The second-order valence-corrected chi connectivity index (χ2v) is 9.69. The van der Waals surface area contributed by atoms with Gasteiger partial charge in [0.2, 0.25) is 11.9 Å². The van der Waals surface area contributed by atoms with Gasteiger partial charge in [-0.1, -0.05) is 36.9 Å². The van der Waals surface area contributed by atoms with Crippen molar-refractivity contribution in [2.24, 2.45) is 5.92 Å². The van der Waals surface area contributed by atoms with Gasteiger partial charge in [-0.25, -0.2) is 4.98 Å². The monoisotopic (exact) mass is 451 g/mol. The van der Waals surface area contributed by atoms with E-state index in [4.69, 9.17) is 16.5 Å². The Morgan fingerprint density at radius 1 is 1.13 bits per heavy atom. The van der Waals surface area contributed by atoms with Gasteiger partial charge in [-0.2, -0.15) is 15.0 Å². The normalized spacial score (nSPS) is 15.8. The molecule has 10 heteroatoms. The molecule has 3 heterocycles. The van der Waals surface area contributed by atoms with Gasteiger partial charge >= 0.3 is 0 Å². The topological polar surface area (TPSA) is 126 Å². The molecule has 158 valence electrons. The Bertz CT molecular complexity index is 1310. The molecule has 1 aliphatic carbocycles. The van der Waals surface area contributed by atoms with Crippen molar-refractivity contribution in [3.05, 3.63) is 57.0 Å². The van der Waals surface area contributed by atoms with Crippen LogP contribution < -0.4 is 17.0 Å². The Morgan fingerprint density at radius 3 is 2.61 bits per heavy atom. The van der Waals surface area contributed by atoms with E-state index in [2.05, 4.69) is 21.9 Å². The number of thiophene rings is 1. The molecule has 8 nitrogen and oxygen atoms in total. The zero-order chi connectivity index (χ0) is 21.5. The lowest BCUT2D eigenvalue weighted by Gasteiger charge is -2.17. The lowest BCUT2D eigenvalue weighted by atomic mass is 9.89. The molecular formula is C21H21N7OS2. The van der Waals surface area contributed by atoms with E-state index in [0.717, 1.165) is 35.2 Å². The molecule has 3 aromatic heterocycles. The minimum Gasteiger partial charge on any atom is -0.368 e. The maximum absolute atomic E-state index is 13.7. The lowest BCUT2D eigenvalue weighted by Crippen LogP contribution is -2.22. The Hall–Kier alpha value is -2.98. The third-order valence-corrected chi connectivity index (χ3v) is 7.44. The van der Waals surface area contributed by atoms with Crippen molar-refractivity contribution in [3.63, 3.8) is 0 Å². The predicted molar refractivity (Wildman–Crippen MR) is 125 cm³/mol. The summed E-state index contributed by atoms with van der Waals surface area (Å²) in [6, 6.07) is 9.59. The quantitative estimate of drug-likeness (QED) is 0.358. The van der Waals surface area contributed by atoms with Crippen molar-refractivity contribution in [1.82, 2.24) is 24.5 Å². The van der Waals surface area contributed by atoms with Crippen molar-refractivity contribution in [3.8, 4) is 5.69 Å². The summed E-state index contributed by atoms with van der Waals surface area (Å²) in [5, 5.41) is 1.35. The number of aryl methyl sites for hydroxylation is 1. The van der Waals surface area contributed by atoms with E-state index < -0.39 is 0 Å². The van der Waals surface area contributed by atoms with Crippen LogP contribution in [0.1, 0.15) is 29.6 Å². The van der Waals surface area contributed by atoms with E-state index in [-0.39, 0.29) is 17.5 Å². The molecule has 0 amide bonds. The SMILES string of the molecule is CC1CCc2c(sc3nc(SCc4nc(N)nc(N)n4)n(-c4ccccc4)c(=O)c23)C1. The van der Waals surface area contributed by atoms with Crippen molar-refractivity contribution < 1.29 is 0 Å². The van der Waals surface area contributed by atoms with Crippen LogP contribution in [0.15, 0.2) is 40.3 Å². The van der Waals surface area contributed by atoms with Gasteiger partial charge in [0.1, 0.15) is 10.7 Å². The summed E-state index contributed by atoms with van der Waals surface area (Å²) in [4.78, 5) is 32.8. The number of fused-ring (bicyclic) bond motifs is 3. The molecule has 5 rings (SSSR count). The first-order valence-corrected chi connectivity index (χ1v) is 11.8. The number of benzene rings is 1. The molecule has 0 saturated carbocycles. The molecule has 4 N–H and O–H groups in total. The fourth-order valence-corrected chi connectivity index (χ4v) is 6.21. The highest BCUT2D eigenvalue weighted by atomic mass is 32.2. The van der Waals surface area contributed by atoms with E-state index >= 15 is 0 Å². The summed E-state index contributed by atoms with van der Waals surface area (Å²) in [7, 11) is 0. The van der Waals surface area contributed by atoms with Gasteiger partial charge in [-0.15, -0.1) is 11.3 Å². The second-order valence-electron chi connectivity index (χ2n) is 7.66. The smallest absolute Gasteiger partial charge is 0.267 e. The van der Waals surface area contributed by atoms with Crippen LogP contribution in [0.25, 0.3) is 15.9 Å². The van der Waals surface area contributed by atoms with E-state index in [0.29, 0.717) is 22.7 Å². The minimum atomic E-state index is -0.0274. The fraction of sp³-hybridized carbons (Fsp3) is 0.286. The van der Waals surface area contributed by atoms with E-state index in [1.165, 1.54) is 22.2 Å². The number of nitrogens with zero attached hydrogens (tertiary/aromatic N) is 5. The molecule has 1 aromatic carbocycles. The number of anilines is 2. The molecular weight excluding hydrogens is 430 g/mol. The standard InChI is InChI=1S/C21H21N7OS2/c1-11-7-8-13-14(9-11)31-17-16(13)18(29)28(12-5-3-2-4-6-12)21(26-17)30-10-15-24-19(22)27-20(23)25-15/h2-6,11H,7-10H2,1H3,(H4,22,23,24,25,27). The molecule has 0 fully saturated rings. The third kappa shape index (κ3) is 3.77. The highest BCUT2D eigenvalue weighted by Crippen LogP contribution is 2.37. The van der Waals surface area contributed by atoms with Crippen molar-refractivity contribution in [2.75, 3.05) is 11.5 Å². The van der Waals surface area contributed by atoms with Crippen molar-refractivity contribution >= 4 is 45.2 Å². The molecule has 4 aromatic rings. The number of aromatic nitrogens is 5. The van der Waals surface area contributed by atoms with Crippen molar-refractivity contribution in [2.45, 2.75) is 37.1 Å². The van der Waals surface area contributed by atoms with Crippen LogP contribution in [-0.2, 0) is 18.6 Å². The van der Waals surface area contributed by atoms with Crippen LogP contribution in [-0.4, -0.2) is 24.5 Å². The van der Waals surface area contributed by atoms with Gasteiger partial charge in [0.05, 0.1) is 16.8 Å². The summed E-state index contributed by atoms with van der Waals surface area (Å²) < 4.78 is 1.69. The first-order valence-electron chi connectivity index (χ1n) is 10.0. The van der Waals surface area contributed by atoms with Crippen LogP contribution in [0.2, 0.25) is 0 Å². The van der Waals surface area contributed by atoms with Crippen LogP contribution in [0, 0.1) is 5.92 Å². The molecule has 0 radical (unpaired) electrons. The first kappa shape index (κ1) is 20.0. The Balaban J connectivity index is 1.64. The van der Waals surface area contributed by atoms with Crippen LogP contribution >= 0.6 is 23.1 Å². The zero-order valence-corrected chi connectivity index (χ0v) is 18.5. The van der Waals surface area contributed by atoms with Crippen LogP contribution in [0.4, 0.5) is 11.9 Å². The van der Waals surface area contributed by atoms with Gasteiger partial charge in [0, 0.05) is 4.88 Å². The zero-order valence-electron chi connectivity index (χ0n) is 16.9. The number of rotatable bonds is 4. The minimum absolute atomic E-state index is 0.0274. The molecule has 0 saturated heterocycles. The third-order valence-electron chi connectivity index (χ3n) is 5.36. The maximum atomic E-state index is 13.7. The van der Waals surface area contributed by atoms with E-state index in [1.807, 2.05) is 30.3 Å². The van der Waals surface area contributed by atoms with Crippen LogP contribution in [0.3, 0.4) is 0 Å².